The van der Waals surface area contributed by atoms with Gasteiger partial charge in [0.1, 0.15) is 0 Å². The van der Waals surface area contributed by atoms with Crippen LogP contribution in [0.1, 0.15) is 48.5 Å². The summed E-state index contributed by atoms with van der Waals surface area (Å²) in [5.74, 6) is -1.60. The third-order valence-corrected chi connectivity index (χ3v) is 6.21. The van der Waals surface area contributed by atoms with Gasteiger partial charge < -0.3 is 15.4 Å². The fourth-order valence-corrected chi connectivity index (χ4v) is 4.40. The average Bonchev–Trinajstić information content (AvgIpc) is 3.06. The first-order valence-corrected chi connectivity index (χ1v) is 9.70. The molecule has 1 aromatic carbocycles. The highest BCUT2D eigenvalue weighted by atomic mass is 79.9. The standard InChI is InChI=1S/C19H20BrF3N2O3/c1-18(17(27)28)5-2-10(3-6-18)9-25-16(26)13-14(19(21,22)23)12(20)8-11-4-7-24-15(11)13/h4,7-8,10,24H,2-3,5-6,9H2,1H3,(H,25,26)(H,27,28)/t10-,18-. The Bertz CT molecular complexity index is 915. The van der Waals surface area contributed by atoms with E-state index in [4.69, 9.17) is 0 Å². The minimum Gasteiger partial charge on any atom is -0.481 e. The van der Waals surface area contributed by atoms with Crippen LogP contribution in [0.5, 0.6) is 0 Å². The summed E-state index contributed by atoms with van der Waals surface area (Å²) in [7, 11) is 0. The number of nitrogens with one attached hydrogen (secondary N) is 2. The first-order valence-electron chi connectivity index (χ1n) is 8.91. The Morgan fingerprint density at radius 2 is 2.00 bits per heavy atom. The van der Waals surface area contributed by atoms with Gasteiger partial charge in [-0.3, -0.25) is 9.59 Å². The van der Waals surface area contributed by atoms with E-state index in [1.807, 2.05) is 0 Å². The van der Waals surface area contributed by atoms with Crippen molar-refractivity contribution in [1.82, 2.24) is 10.3 Å². The molecule has 0 atom stereocenters. The molecule has 1 aliphatic carbocycles. The van der Waals surface area contributed by atoms with Crippen LogP contribution in [-0.4, -0.2) is 28.5 Å². The second-order valence-corrected chi connectivity index (χ2v) is 8.42. The summed E-state index contributed by atoms with van der Waals surface area (Å²) in [6.07, 6.45) is -1.04. The van der Waals surface area contributed by atoms with E-state index in [1.54, 1.807) is 13.0 Å². The molecule has 0 saturated heterocycles. The first-order chi connectivity index (χ1) is 13.0. The second-order valence-electron chi connectivity index (χ2n) is 7.57. The van der Waals surface area contributed by atoms with Gasteiger partial charge in [0.25, 0.3) is 5.91 Å². The van der Waals surface area contributed by atoms with Gasteiger partial charge >= 0.3 is 12.1 Å². The van der Waals surface area contributed by atoms with E-state index in [2.05, 4.69) is 26.2 Å². The number of amides is 1. The Hall–Kier alpha value is -2.03. The highest BCUT2D eigenvalue weighted by molar-refractivity contribution is 9.10. The number of rotatable bonds is 4. The molecule has 152 valence electrons. The van der Waals surface area contributed by atoms with Crippen LogP contribution in [0.15, 0.2) is 22.8 Å². The monoisotopic (exact) mass is 460 g/mol. The molecule has 1 aromatic heterocycles. The van der Waals surface area contributed by atoms with E-state index in [-0.39, 0.29) is 22.5 Å². The lowest BCUT2D eigenvalue weighted by Gasteiger charge is -2.33. The first kappa shape index (κ1) is 20.7. The number of alkyl halides is 3. The van der Waals surface area contributed by atoms with E-state index in [1.165, 1.54) is 12.3 Å². The van der Waals surface area contributed by atoms with Crippen molar-refractivity contribution in [1.29, 1.82) is 0 Å². The maximum Gasteiger partial charge on any atom is 0.418 e. The molecule has 0 unspecified atom stereocenters. The van der Waals surface area contributed by atoms with Crippen molar-refractivity contribution in [3.63, 3.8) is 0 Å². The second kappa shape index (κ2) is 7.42. The molecular weight excluding hydrogens is 441 g/mol. The van der Waals surface area contributed by atoms with Crippen molar-refractivity contribution >= 4 is 38.7 Å². The Kier molecular flexibility index (Phi) is 5.49. The van der Waals surface area contributed by atoms with Crippen molar-refractivity contribution in [2.24, 2.45) is 11.3 Å². The third-order valence-electron chi connectivity index (χ3n) is 5.59. The van der Waals surface area contributed by atoms with Gasteiger partial charge in [0.15, 0.2) is 0 Å². The van der Waals surface area contributed by atoms with Gasteiger partial charge in [0.2, 0.25) is 0 Å². The largest absolute Gasteiger partial charge is 0.481 e. The molecule has 1 aliphatic rings. The summed E-state index contributed by atoms with van der Waals surface area (Å²) >= 11 is 2.94. The van der Waals surface area contributed by atoms with E-state index in [0.29, 0.717) is 31.1 Å². The number of aromatic amines is 1. The number of aliphatic carboxylic acids is 1. The van der Waals surface area contributed by atoms with Crippen LogP contribution in [0.2, 0.25) is 0 Å². The summed E-state index contributed by atoms with van der Waals surface area (Å²) < 4.78 is 40.6. The van der Waals surface area contributed by atoms with Gasteiger partial charge in [0, 0.05) is 22.6 Å². The van der Waals surface area contributed by atoms with Gasteiger partial charge in [-0.15, -0.1) is 0 Å². The molecule has 2 aromatic rings. The van der Waals surface area contributed by atoms with Crippen molar-refractivity contribution in [3.05, 3.63) is 33.9 Å². The summed E-state index contributed by atoms with van der Waals surface area (Å²) in [4.78, 5) is 26.7. The smallest absolute Gasteiger partial charge is 0.418 e. The topological polar surface area (TPSA) is 82.2 Å². The number of carboxylic acids is 1. The number of hydrogen-bond donors (Lipinski definition) is 3. The molecule has 0 bridgehead atoms. The van der Waals surface area contributed by atoms with Crippen LogP contribution in [0.25, 0.3) is 10.9 Å². The van der Waals surface area contributed by atoms with Crippen molar-refractivity contribution in [3.8, 4) is 0 Å². The zero-order valence-electron chi connectivity index (χ0n) is 15.1. The fraction of sp³-hybridized carbons (Fsp3) is 0.474. The van der Waals surface area contributed by atoms with Gasteiger partial charge in [0.05, 0.1) is 22.1 Å². The molecule has 0 aliphatic heterocycles. The van der Waals surface area contributed by atoms with Gasteiger partial charge in [-0.1, -0.05) is 15.9 Å². The molecule has 3 rings (SSSR count). The molecular formula is C19H20BrF3N2O3. The molecule has 0 radical (unpaired) electrons. The lowest BCUT2D eigenvalue weighted by atomic mass is 9.72. The minimum absolute atomic E-state index is 0.0389. The molecule has 3 N–H and O–H groups in total. The maximum atomic E-state index is 13.6. The van der Waals surface area contributed by atoms with E-state index in [0.717, 1.165) is 0 Å². The highest BCUT2D eigenvalue weighted by Gasteiger charge is 2.40. The van der Waals surface area contributed by atoms with Crippen molar-refractivity contribution in [2.75, 3.05) is 6.54 Å². The number of carbonyl (C=O) groups is 2. The number of benzene rings is 1. The fourth-order valence-electron chi connectivity index (χ4n) is 3.73. The molecule has 1 amide bonds. The van der Waals surface area contributed by atoms with Gasteiger partial charge in [-0.2, -0.15) is 13.2 Å². The van der Waals surface area contributed by atoms with E-state index >= 15 is 0 Å². The van der Waals surface area contributed by atoms with Crippen LogP contribution < -0.4 is 5.32 Å². The summed E-state index contributed by atoms with van der Waals surface area (Å²) in [5.41, 5.74) is -2.09. The van der Waals surface area contributed by atoms with Crippen LogP contribution in [-0.2, 0) is 11.0 Å². The number of halogens is 4. The van der Waals surface area contributed by atoms with Crippen molar-refractivity contribution in [2.45, 2.75) is 38.8 Å². The lowest BCUT2D eigenvalue weighted by molar-refractivity contribution is -0.150. The third kappa shape index (κ3) is 3.90. The predicted molar refractivity (Wildman–Crippen MR) is 101 cm³/mol. The van der Waals surface area contributed by atoms with E-state index in [9.17, 15) is 27.9 Å². The lowest BCUT2D eigenvalue weighted by Crippen LogP contribution is -2.37. The molecule has 1 saturated carbocycles. The van der Waals surface area contributed by atoms with Crippen LogP contribution in [0.4, 0.5) is 13.2 Å². The SMILES string of the molecule is C[C@]1(C(=O)O)CC[C@H](CNC(=O)c2c(C(F)(F)F)c(Br)cc3cc[nH]c23)CC1. The van der Waals surface area contributed by atoms with Crippen LogP contribution >= 0.6 is 15.9 Å². The Morgan fingerprint density at radius 1 is 1.36 bits per heavy atom. The highest BCUT2D eigenvalue weighted by Crippen LogP contribution is 2.41. The number of hydrogen-bond acceptors (Lipinski definition) is 2. The predicted octanol–water partition coefficient (Wildman–Crippen LogP) is 4.96. The summed E-state index contributed by atoms with van der Waals surface area (Å²) in [5, 5.41) is 12.4. The summed E-state index contributed by atoms with van der Waals surface area (Å²) in [6, 6.07) is 2.93. The number of carboxylic acid groups (broad SMARTS) is 1. The molecule has 28 heavy (non-hydrogen) atoms. The molecule has 0 spiro atoms. The zero-order valence-corrected chi connectivity index (χ0v) is 16.7. The summed E-state index contributed by atoms with van der Waals surface area (Å²) in [6.45, 7) is 1.91. The maximum absolute atomic E-state index is 13.6. The quantitative estimate of drug-likeness (QED) is 0.602. The Morgan fingerprint density at radius 3 is 2.57 bits per heavy atom. The Balaban J connectivity index is 1.79. The zero-order chi connectivity index (χ0) is 20.7. The minimum atomic E-state index is -4.70. The average molecular weight is 461 g/mol. The number of fused-ring (bicyclic) bond motifs is 1. The van der Waals surface area contributed by atoms with Gasteiger partial charge in [-0.05, 0) is 50.7 Å². The van der Waals surface area contributed by atoms with E-state index < -0.39 is 34.6 Å². The number of H-pyrrole nitrogens is 1. The van der Waals surface area contributed by atoms with Gasteiger partial charge in [-0.25, -0.2) is 0 Å². The normalized spacial score (nSPS) is 23.0. The Labute approximate surface area is 167 Å². The van der Waals surface area contributed by atoms with Crippen LogP contribution in [0.3, 0.4) is 0 Å². The van der Waals surface area contributed by atoms with Crippen LogP contribution in [0, 0.1) is 11.3 Å². The number of aromatic nitrogens is 1. The molecule has 1 fully saturated rings. The number of carbonyl (C=O) groups excluding carboxylic acids is 1. The molecule has 9 heteroatoms. The molecule has 5 nitrogen and oxygen atoms in total. The van der Waals surface area contributed by atoms with Crippen molar-refractivity contribution < 1.29 is 27.9 Å². The molecule has 1 heterocycles.